The fraction of sp³-hybridized carbons (Fsp3) is 0.125. The van der Waals surface area contributed by atoms with E-state index in [1.54, 1.807) is 30.3 Å². The number of halogens is 3. The largest absolute Gasteiger partial charge is 0.480 e. The Morgan fingerprint density at radius 2 is 1.68 bits per heavy atom. The summed E-state index contributed by atoms with van der Waals surface area (Å²) in [4.78, 5) is 11.3. The summed E-state index contributed by atoms with van der Waals surface area (Å²) in [5.41, 5.74) is 0.680. The first-order valence-corrected chi connectivity index (χ1v) is 6.64. The lowest BCUT2D eigenvalue weighted by atomic mass is 9.81. The molecule has 0 spiro atoms. The summed E-state index contributed by atoms with van der Waals surface area (Å²) in [6.07, 6.45) is 0. The number of rotatable bonds is 4. The lowest BCUT2D eigenvalue weighted by Crippen LogP contribution is -2.21. The van der Waals surface area contributed by atoms with Crippen LogP contribution in [0.15, 0.2) is 42.5 Å². The maximum atomic E-state index is 13.5. The van der Waals surface area contributed by atoms with Crippen molar-refractivity contribution in [3.8, 4) is 6.07 Å². The third-order valence-electron chi connectivity index (χ3n) is 3.27. The average Bonchev–Trinajstić information content (AvgIpc) is 2.48. The molecule has 0 aliphatic carbocycles. The number of aliphatic carboxylic acids is 1. The maximum absolute atomic E-state index is 13.5. The molecule has 2 rings (SSSR count). The molecule has 2 aromatic rings. The summed E-state index contributed by atoms with van der Waals surface area (Å²) in [6.45, 7) is 0. The second-order valence-corrected chi connectivity index (χ2v) is 5.08. The molecule has 0 bridgehead atoms. The summed E-state index contributed by atoms with van der Waals surface area (Å²) < 4.78 is 26.5. The molecule has 0 heterocycles. The fourth-order valence-electron chi connectivity index (χ4n) is 2.23. The molecule has 3 nitrogen and oxygen atoms in total. The van der Waals surface area contributed by atoms with Gasteiger partial charge in [-0.1, -0.05) is 29.8 Å². The first kappa shape index (κ1) is 15.9. The fourth-order valence-corrected chi connectivity index (χ4v) is 2.35. The minimum atomic E-state index is -1.44. The number of carboxylic acid groups (broad SMARTS) is 1. The molecule has 112 valence electrons. The lowest BCUT2D eigenvalue weighted by Gasteiger charge is -2.20. The summed E-state index contributed by atoms with van der Waals surface area (Å²) in [5, 5.41) is 18.8. The van der Waals surface area contributed by atoms with Crippen molar-refractivity contribution >= 4 is 17.6 Å². The Bertz CT molecular complexity index is 741. The van der Waals surface area contributed by atoms with E-state index in [2.05, 4.69) is 0 Å². The zero-order valence-electron chi connectivity index (χ0n) is 11.1. The Morgan fingerprint density at radius 3 is 2.18 bits per heavy atom. The Hall–Kier alpha value is -2.45. The van der Waals surface area contributed by atoms with E-state index in [-0.39, 0.29) is 5.56 Å². The predicted octanol–water partition coefficient (Wildman–Crippen LogP) is 3.97. The van der Waals surface area contributed by atoms with Gasteiger partial charge >= 0.3 is 5.97 Å². The lowest BCUT2D eigenvalue weighted by molar-refractivity contribution is -0.140. The Balaban J connectivity index is 2.59. The normalized spacial score (nSPS) is 13.2. The van der Waals surface area contributed by atoms with Gasteiger partial charge in [-0.25, -0.2) is 8.78 Å². The number of benzene rings is 2. The van der Waals surface area contributed by atoms with E-state index in [4.69, 9.17) is 16.9 Å². The highest BCUT2D eigenvalue weighted by Crippen LogP contribution is 2.33. The minimum absolute atomic E-state index is 0.204. The van der Waals surface area contributed by atoms with Crippen LogP contribution in [0.4, 0.5) is 8.78 Å². The van der Waals surface area contributed by atoms with E-state index < -0.39 is 29.4 Å². The molecule has 2 aromatic carbocycles. The third kappa shape index (κ3) is 3.23. The van der Waals surface area contributed by atoms with Gasteiger partial charge in [0.1, 0.15) is 0 Å². The van der Waals surface area contributed by atoms with Gasteiger partial charge in [0, 0.05) is 10.9 Å². The van der Waals surface area contributed by atoms with Crippen LogP contribution in [0.2, 0.25) is 5.02 Å². The molecule has 0 aliphatic heterocycles. The molecule has 0 aliphatic rings. The van der Waals surface area contributed by atoms with Crippen LogP contribution in [0.5, 0.6) is 0 Å². The molecule has 22 heavy (non-hydrogen) atoms. The van der Waals surface area contributed by atoms with Crippen molar-refractivity contribution in [3.63, 3.8) is 0 Å². The third-order valence-corrected chi connectivity index (χ3v) is 3.52. The molecular weight excluding hydrogens is 312 g/mol. The first-order valence-electron chi connectivity index (χ1n) is 6.27. The number of hydrogen-bond acceptors (Lipinski definition) is 2. The summed E-state index contributed by atoms with van der Waals surface area (Å²) in [5.74, 6) is -5.85. The van der Waals surface area contributed by atoms with E-state index in [1.165, 1.54) is 6.07 Å². The van der Waals surface area contributed by atoms with Crippen molar-refractivity contribution in [2.24, 2.45) is 5.92 Å². The number of carbonyl (C=O) groups is 1. The SMILES string of the molecule is N#CC(C(=O)O)C(c1ccc(Cl)cc1)c1ccc(F)c(F)c1. The van der Waals surface area contributed by atoms with Gasteiger partial charge < -0.3 is 5.11 Å². The highest BCUT2D eigenvalue weighted by atomic mass is 35.5. The number of nitrogens with zero attached hydrogens (tertiary/aromatic N) is 1. The Kier molecular flexibility index (Phi) is 4.74. The van der Waals surface area contributed by atoms with Crippen LogP contribution in [0.3, 0.4) is 0 Å². The molecule has 0 amide bonds. The molecule has 2 unspecified atom stereocenters. The molecule has 0 saturated heterocycles. The molecule has 0 aromatic heterocycles. The standard InChI is InChI=1S/C16H10ClF2NO2/c17-11-4-1-9(2-5-11)15(12(8-20)16(21)22)10-3-6-13(18)14(19)7-10/h1-7,12,15H,(H,21,22). The van der Waals surface area contributed by atoms with Gasteiger partial charge in [-0.2, -0.15) is 5.26 Å². The number of nitriles is 1. The second kappa shape index (κ2) is 6.54. The van der Waals surface area contributed by atoms with Gasteiger partial charge in [0.15, 0.2) is 17.6 Å². The van der Waals surface area contributed by atoms with Crippen molar-refractivity contribution in [2.45, 2.75) is 5.92 Å². The zero-order chi connectivity index (χ0) is 16.3. The van der Waals surface area contributed by atoms with E-state index in [0.29, 0.717) is 10.6 Å². The van der Waals surface area contributed by atoms with Gasteiger partial charge in [0.25, 0.3) is 0 Å². The van der Waals surface area contributed by atoms with Crippen LogP contribution in [-0.4, -0.2) is 11.1 Å². The maximum Gasteiger partial charge on any atom is 0.321 e. The van der Waals surface area contributed by atoms with Crippen LogP contribution in [0, 0.1) is 28.9 Å². The van der Waals surface area contributed by atoms with E-state index >= 15 is 0 Å². The Labute approximate surface area is 130 Å². The molecule has 0 fully saturated rings. The summed E-state index contributed by atoms with van der Waals surface area (Å²) >= 11 is 5.79. The van der Waals surface area contributed by atoms with Crippen molar-refractivity contribution in [2.75, 3.05) is 0 Å². The monoisotopic (exact) mass is 321 g/mol. The van der Waals surface area contributed by atoms with E-state index in [1.807, 2.05) is 0 Å². The van der Waals surface area contributed by atoms with Crippen LogP contribution in [-0.2, 0) is 4.79 Å². The van der Waals surface area contributed by atoms with Crippen molar-refractivity contribution < 1.29 is 18.7 Å². The molecular formula is C16H10ClF2NO2. The van der Waals surface area contributed by atoms with E-state index in [0.717, 1.165) is 12.1 Å². The van der Waals surface area contributed by atoms with Crippen LogP contribution in [0.1, 0.15) is 17.0 Å². The number of hydrogen-bond donors (Lipinski definition) is 1. The highest BCUT2D eigenvalue weighted by Gasteiger charge is 2.31. The second-order valence-electron chi connectivity index (χ2n) is 4.65. The first-order chi connectivity index (χ1) is 10.4. The van der Waals surface area contributed by atoms with E-state index in [9.17, 15) is 18.7 Å². The van der Waals surface area contributed by atoms with Gasteiger partial charge in [0.2, 0.25) is 0 Å². The molecule has 1 N–H and O–H groups in total. The average molecular weight is 322 g/mol. The van der Waals surface area contributed by atoms with Gasteiger partial charge in [-0.05, 0) is 35.4 Å². The predicted molar refractivity (Wildman–Crippen MR) is 76.4 cm³/mol. The van der Waals surface area contributed by atoms with Gasteiger partial charge in [-0.15, -0.1) is 0 Å². The summed E-state index contributed by atoms with van der Waals surface area (Å²) in [7, 11) is 0. The zero-order valence-corrected chi connectivity index (χ0v) is 11.9. The minimum Gasteiger partial charge on any atom is -0.480 e. The van der Waals surface area contributed by atoms with Crippen molar-refractivity contribution in [1.82, 2.24) is 0 Å². The van der Waals surface area contributed by atoms with Crippen LogP contribution in [0.25, 0.3) is 0 Å². The van der Waals surface area contributed by atoms with Crippen molar-refractivity contribution in [3.05, 3.63) is 70.2 Å². The molecule has 0 radical (unpaired) electrons. The van der Waals surface area contributed by atoms with Crippen LogP contribution < -0.4 is 0 Å². The quantitative estimate of drug-likeness (QED) is 0.926. The molecule has 6 heteroatoms. The molecule has 0 saturated carbocycles. The van der Waals surface area contributed by atoms with Crippen LogP contribution >= 0.6 is 11.6 Å². The topological polar surface area (TPSA) is 61.1 Å². The van der Waals surface area contributed by atoms with Gasteiger partial charge in [-0.3, -0.25) is 4.79 Å². The smallest absolute Gasteiger partial charge is 0.321 e. The Morgan fingerprint density at radius 1 is 1.09 bits per heavy atom. The summed E-state index contributed by atoms with van der Waals surface area (Å²) in [6, 6.07) is 11.0. The van der Waals surface area contributed by atoms with Gasteiger partial charge in [0.05, 0.1) is 6.07 Å². The highest BCUT2D eigenvalue weighted by molar-refractivity contribution is 6.30. The number of carboxylic acids is 1. The molecule has 2 atom stereocenters. The van der Waals surface area contributed by atoms with Crippen molar-refractivity contribution in [1.29, 1.82) is 5.26 Å².